The molecule has 1 atom stereocenters. The van der Waals surface area contributed by atoms with Gasteiger partial charge < -0.3 is 10.6 Å². The third-order valence-electron chi connectivity index (χ3n) is 5.16. The number of hydrogen-bond acceptors (Lipinski definition) is 4. The molecule has 1 aliphatic heterocycles. The molecule has 6 nitrogen and oxygen atoms in total. The van der Waals surface area contributed by atoms with Crippen molar-refractivity contribution >= 4 is 29.6 Å². The highest BCUT2D eigenvalue weighted by Gasteiger charge is 2.49. The monoisotopic (exact) mass is 425 g/mol. The second-order valence-corrected chi connectivity index (χ2v) is 8.81. The van der Waals surface area contributed by atoms with Gasteiger partial charge in [0, 0.05) is 18.1 Å². The molecule has 2 aromatic carbocycles. The lowest BCUT2D eigenvalue weighted by atomic mass is 9.91. The first kappa shape index (κ1) is 21.9. The van der Waals surface area contributed by atoms with Gasteiger partial charge in [-0.05, 0) is 31.9 Å². The van der Waals surface area contributed by atoms with E-state index in [4.69, 9.17) is 0 Å². The Labute approximate surface area is 181 Å². The van der Waals surface area contributed by atoms with E-state index >= 15 is 0 Å². The van der Waals surface area contributed by atoms with E-state index in [0.717, 1.165) is 22.0 Å². The highest BCUT2D eigenvalue weighted by atomic mass is 32.2. The lowest BCUT2D eigenvalue weighted by Gasteiger charge is -2.22. The zero-order valence-electron chi connectivity index (χ0n) is 17.5. The van der Waals surface area contributed by atoms with Crippen LogP contribution < -0.4 is 10.6 Å². The molecule has 0 saturated carbocycles. The fraction of sp³-hybridized carbons (Fsp3) is 0.348. The number of carbonyl (C=O) groups excluding carboxylic acids is 3. The topological polar surface area (TPSA) is 78.5 Å². The van der Waals surface area contributed by atoms with Crippen LogP contribution in [0, 0.1) is 13.8 Å². The van der Waals surface area contributed by atoms with Crippen LogP contribution in [0.1, 0.15) is 29.2 Å². The van der Waals surface area contributed by atoms with Gasteiger partial charge in [-0.2, -0.15) is 11.8 Å². The van der Waals surface area contributed by atoms with Gasteiger partial charge in [-0.3, -0.25) is 14.5 Å². The molecule has 30 heavy (non-hydrogen) atoms. The molecule has 0 aliphatic carbocycles. The van der Waals surface area contributed by atoms with Crippen molar-refractivity contribution in [2.75, 3.05) is 18.8 Å². The quantitative estimate of drug-likeness (QED) is 0.503. The minimum atomic E-state index is -1.16. The van der Waals surface area contributed by atoms with Crippen molar-refractivity contribution in [3.8, 4) is 0 Å². The second kappa shape index (κ2) is 9.34. The van der Waals surface area contributed by atoms with Crippen LogP contribution in [0.3, 0.4) is 0 Å². The first-order valence-electron chi connectivity index (χ1n) is 9.91. The van der Waals surface area contributed by atoms with Crippen LogP contribution in [0.4, 0.5) is 4.79 Å². The summed E-state index contributed by atoms with van der Waals surface area (Å²) in [6.07, 6.45) is 0. The molecule has 158 valence electrons. The van der Waals surface area contributed by atoms with Crippen LogP contribution in [-0.2, 0) is 20.9 Å². The zero-order chi connectivity index (χ0) is 21.7. The summed E-state index contributed by atoms with van der Waals surface area (Å²) in [5, 5.41) is 5.51. The number of nitrogens with zero attached hydrogens (tertiary/aromatic N) is 1. The molecule has 1 heterocycles. The summed E-state index contributed by atoms with van der Waals surface area (Å²) in [7, 11) is 0. The first-order chi connectivity index (χ1) is 14.3. The molecule has 1 aliphatic rings. The molecule has 2 aromatic rings. The van der Waals surface area contributed by atoms with Crippen LogP contribution in [-0.4, -0.2) is 41.6 Å². The van der Waals surface area contributed by atoms with Crippen molar-refractivity contribution in [2.45, 2.75) is 32.1 Å². The van der Waals surface area contributed by atoms with Gasteiger partial charge in [-0.15, -0.1) is 0 Å². The van der Waals surface area contributed by atoms with Crippen molar-refractivity contribution in [3.05, 3.63) is 70.8 Å². The number of benzene rings is 2. The predicted octanol–water partition coefficient (Wildman–Crippen LogP) is 3.12. The molecule has 3 rings (SSSR count). The van der Waals surface area contributed by atoms with Gasteiger partial charge in [0.25, 0.3) is 5.91 Å². The molecule has 0 spiro atoms. The van der Waals surface area contributed by atoms with Crippen molar-refractivity contribution < 1.29 is 14.4 Å². The van der Waals surface area contributed by atoms with Gasteiger partial charge in [0.05, 0.1) is 0 Å². The standard InChI is InChI=1S/C23H27N3O3S/c1-16-4-8-18(9-5-16)15-30-13-12-24-20(27)14-26-21(28)23(3,25-22(26)29)19-10-6-17(2)7-11-19/h4-11H,12-15H2,1-3H3,(H,24,27)(H,25,29). The number of thioether (sulfide) groups is 1. The fourth-order valence-corrected chi connectivity index (χ4v) is 4.08. The summed E-state index contributed by atoms with van der Waals surface area (Å²) in [5.41, 5.74) is 3.08. The SMILES string of the molecule is Cc1ccc(CSCCNC(=O)CN2C(=O)NC(C)(c3ccc(C)cc3)C2=O)cc1. The van der Waals surface area contributed by atoms with E-state index in [9.17, 15) is 14.4 Å². The maximum absolute atomic E-state index is 12.9. The van der Waals surface area contributed by atoms with Gasteiger partial charge in [-0.1, -0.05) is 59.7 Å². The Morgan fingerprint density at radius 1 is 1.03 bits per heavy atom. The van der Waals surface area contributed by atoms with Gasteiger partial charge in [0.15, 0.2) is 0 Å². The fourth-order valence-electron chi connectivity index (χ4n) is 3.26. The van der Waals surface area contributed by atoms with E-state index in [1.807, 2.05) is 31.2 Å². The molecule has 1 unspecified atom stereocenters. The molecule has 0 aromatic heterocycles. The number of imide groups is 1. The predicted molar refractivity (Wildman–Crippen MR) is 119 cm³/mol. The summed E-state index contributed by atoms with van der Waals surface area (Å²) in [6, 6.07) is 15.2. The molecule has 1 saturated heterocycles. The molecular formula is C23H27N3O3S. The Balaban J connectivity index is 1.46. The smallest absolute Gasteiger partial charge is 0.325 e. The number of hydrogen-bond donors (Lipinski definition) is 2. The van der Waals surface area contributed by atoms with Crippen LogP contribution in [0.5, 0.6) is 0 Å². The van der Waals surface area contributed by atoms with Crippen molar-refractivity contribution in [1.29, 1.82) is 0 Å². The van der Waals surface area contributed by atoms with Crippen molar-refractivity contribution in [1.82, 2.24) is 15.5 Å². The maximum atomic E-state index is 12.9. The highest BCUT2D eigenvalue weighted by molar-refractivity contribution is 7.98. The Bertz CT molecular complexity index is 928. The number of urea groups is 1. The van der Waals surface area contributed by atoms with Gasteiger partial charge in [0.1, 0.15) is 12.1 Å². The van der Waals surface area contributed by atoms with Crippen molar-refractivity contribution in [2.24, 2.45) is 0 Å². The minimum Gasteiger partial charge on any atom is -0.354 e. The number of amides is 4. The van der Waals surface area contributed by atoms with E-state index < -0.39 is 17.5 Å². The number of aryl methyl sites for hydroxylation is 2. The normalized spacial score (nSPS) is 18.4. The average Bonchev–Trinajstić information content (AvgIpc) is 2.93. The summed E-state index contributed by atoms with van der Waals surface area (Å²) in [4.78, 5) is 38.5. The van der Waals surface area contributed by atoms with E-state index in [2.05, 4.69) is 41.8 Å². The third-order valence-corrected chi connectivity index (χ3v) is 6.19. The van der Waals surface area contributed by atoms with Crippen molar-refractivity contribution in [3.63, 3.8) is 0 Å². The largest absolute Gasteiger partial charge is 0.354 e. The van der Waals surface area contributed by atoms with Crippen LogP contribution >= 0.6 is 11.8 Å². The lowest BCUT2D eigenvalue weighted by Crippen LogP contribution is -2.43. The number of carbonyl (C=O) groups is 3. The molecule has 7 heteroatoms. The van der Waals surface area contributed by atoms with Crippen LogP contribution in [0.2, 0.25) is 0 Å². The molecular weight excluding hydrogens is 398 g/mol. The molecule has 2 N–H and O–H groups in total. The van der Waals surface area contributed by atoms with Crippen LogP contribution in [0.15, 0.2) is 48.5 Å². The Kier molecular flexibility index (Phi) is 6.82. The molecule has 0 bridgehead atoms. The van der Waals surface area contributed by atoms with E-state index in [0.29, 0.717) is 12.1 Å². The van der Waals surface area contributed by atoms with Gasteiger partial charge in [0.2, 0.25) is 5.91 Å². The zero-order valence-corrected chi connectivity index (χ0v) is 18.3. The summed E-state index contributed by atoms with van der Waals surface area (Å²) >= 11 is 1.72. The lowest BCUT2D eigenvalue weighted by molar-refractivity contribution is -0.134. The molecule has 1 fully saturated rings. The van der Waals surface area contributed by atoms with Gasteiger partial charge >= 0.3 is 6.03 Å². The van der Waals surface area contributed by atoms with Gasteiger partial charge in [-0.25, -0.2) is 4.79 Å². The third kappa shape index (κ3) is 5.02. The average molecular weight is 426 g/mol. The minimum absolute atomic E-state index is 0.283. The number of nitrogens with one attached hydrogen (secondary N) is 2. The molecule has 4 amide bonds. The number of rotatable bonds is 8. The second-order valence-electron chi connectivity index (χ2n) is 7.70. The van der Waals surface area contributed by atoms with Crippen LogP contribution in [0.25, 0.3) is 0 Å². The Morgan fingerprint density at radius 2 is 1.63 bits per heavy atom. The molecule has 0 radical (unpaired) electrons. The van der Waals surface area contributed by atoms with E-state index in [1.165, 1.54) is 11.1 Å². The van der Waals surface area contributed by atoms with E-state index in [1.54, 1.807) is 18.7 Å². The maximum Gasteiger partial charge on any atom is 0.325 e. The first-order valence-corrected chi connectivity index (χ1v) is 11.1. The Morgan fingerprint density at radius 3 is 2.27 bits per heavy atom. The summed E-state index contributed by atoms with van der Waals surface area (Å²) in [5.74, 6) is 0.863. The summed E-state index contributed by atoms with van der Waals surface area (Å²) in [6.45, 7) is 5.87. The van der Waals surface area contributed by atoms with E-state index in [-0.39, 0.29) is 12.5 Å². The Hall–Kier alpha value is -2.80. The summed E-state index contributed by atoms with van der Waals surface area (Å²) < 4.78 is 0. The highest BCUT2D eigenvalue weighted by Crippen LogP contribution is 2.28.